The van der Waals surface area contributed by atoms with Crippen molar-refractivity contribution in [1.82, 2.24) is 5.32 Å². The summed E-state index contributed by atoms with van der Waals surface area (Å²) < 4.78 is 17.5. The first-order chi connectivity index (χ1) is 8.22. The molecule has 1 aromatic carbocycles. The van der Waals surface area contributed by atoms with Crippen molar-refractivity contribution < 1.29 is 13.9 Å². The lowest BCUT2D eigenvalue weighted by Crippen LogP contribution is -2.26. The SMILES string of the molecule is COCCCCNC(=O)Cc1ccc(F)cc1. The van der Waals surface area contributed by atoms with Gasteiger partial charge in [0.25, 0.3) is 0 Å². The van der Waals surface area contributed by atoms with Crippen LogP contribution < -0.4 is 5.32 Å². The van der Waals surface area contributed by atoms with Gasteiger partial charge in [0.05, 0.1) is 6.42 Å². The Bertz CT molecular complexity index is 338. The van der Waals surface area contributed by atoms with E-state index < -0.39 is 0 Å². The minimum Gasteiger partial charge on any atom is -0.385 e. The van der Waals surface area contributed by atoms with E-state index in [2.05, 4.69) is 5.32 Å². The molecule has 0 aliphatic carbocycles. The average molecular weight is 239 g/mol. The summed E-state index contributed by atoms with van der Waals surface area (Å²) in [6.45, 7) is 1.37. The van der Waals surface area contributed by atoms with Gasteiger partial charge in [-0.1, -0.05) is 12.1 Å². The molecule has 17 heavy (non-hydrogen) atoms. The largest absolute Gasteiger partial charge is 0.385 e. The van der Waals surface area contributed by atoms with Crippen molar-refractivity contribution >= 4 is 5.91 Å². The second kappa shape index (κ2) is 7.79. The summed E-state index contributed by atoms with van der Waals surface area (Å²) in [7, 11) is 1.66. The van der Waals surface area contributed by atoms with E-state index in [9.17, 15) is 9.18 Å². The minimum absolute atomic E-state index is 0.0333. The Balaban J connectivity index is 2.18. The van der Waals surface area contributed by atoms with Crippen LogP contribution in [0.4, 0.5) is 4.39 Å². The van der Waals surface area contributed by atoms with Crippen LogP contribution in [-0.2, 0) is 16.0 Å². The summed E-state index contributed by atoms with van der Waals surface area (Å²) in [4.78, 5) is 11.5. The summed E-state index contributed by atoms with van der Waals surface area (Å²) >= 11 is 0. The van der Waals surface area contributed by atoms with E-state index in [1.807, 2.05) is 0 Å². The van der Waals surface area contributed by atoms with Gasteiger partial charge in [-0.3, -0.25) is 4.79 Å². The van der Waals surface area contributed by atoms with Crippen molar-refractivity contribution in [3.8, 4) is 0 Å². The lowest BCUT2D eigenvalue weighted by atomic mass is 10.1. The zero-order valence-electron chi connectivity index (χ0n) is 10.0. The number of halogens is 1. The molecule has 0 spiro atoms. The van der Waals surface area contributed by atoms with Crippen LogP contribution in [0.3, 0.4) is 0 Å². The van der Waals surface area contributed by atoms with Crippen molar-refractivity contribution in [1.29, 1.82) is 0 Å². The van der Waals surface area contributed by atoms with Crippen molar-refractivity contribution in [2.75, 3.05) is 20.3 Å². The maximum absolute atomic E-state index is 12.6. The van der Waals surface area contributed by atoms with Crippen LogP contribution in [0.25, 0.3) is 0 Å². The van der Waals surface area contributed by atoms with Crippen LogP contribution in [0.5, 0.6) is 0 Å². The number of carbonyl (C=O) groups excluding carboxylic acids is 1. The molecule has 1 aromatic rings. The fourth-order valence-electron chi connectivity index (χ4n) is 1.45. The van der Waals surface area contributed by atoms with Crippen LogP contribution in [0.15, 0.2) is 24.3 Å². The number of ether oxygens (including phenoxy) is 1. The van der Waals surface area contributed by atoms with E-state index in [-0.39, 0.29) is 11.7 Å². The normalized spacial score (nSPS) is 10.2. The predicted octanol–water partition coefficient (Wildman–Crippen LogP) is 1.91. The number of methoxy groups -OCH3 is 1. The molecule has 0 radical (unpaired) electrons. The van der Waals surface area contributed by atoms with Gasteiger partial charge in [-0.2, -0.15) is 0 Å². The highest BCUT2D eigenvalue weighted by Gasteiger charge is 2.02. The summed E-state index contributed by atoms with van der Waals surface area (Å²) in [6.07, 6.45) is 2.14. The van der Waals surface area contributed by atoms with Gasteiger partial charge in [-0.05, 0) is 30.5 Å². The standard InChI is InChI=1S/C13H18FNO2/c1-17-9-3-2-8-15-13(16)10-11-4-6-12(14)7-5-11/h4-7H,2-3,8-10H2,1H3,(H,15,16). The van der Waals surface area contributed by atoms with Crippen molar-refractivity contribution in [3.05, 3.63) is 35.6 Å². The number of hydrogen-bond donors (Lipinski definition) is 1. The number of carbonyl (C=O) groups is 1. The van der Waals surface area contributed by atoms with Gasteiger partial charge >= 0.3 is 0 Å². The molecular weight excluding hydrogens is 221 g/mol. The number of benzene rings is 1. The van der Waals surface area contributed by atoms with Crippen LogP contribution in [0.2, 0.25) is 0 Å². The molecular formula is C13H18FNO2. The maximum Gasteiger partial charge on any atom is 0.224 e. The quantitative estimate of drug-likeness (QED) is 0.738. The topological polar surface area (TPSA) is 38.3 Å². The Hall–Kier alpha value is -1.42. The van der Waals surface area contributed by atoms with E-state index in [0.29, 0.717) is 19.6 Å². The van der Waals surface area contributed by atoms with Crippen molar-refractivity contribution in [3.63, 3.8) is 0 Å². The molecule has 0 atom stereocenters. The smallest absolute Gasteiger partial charge is 0.224 e. The molecule has 0 unspecified atom stereocenters. The molecule has 0 saturated carbocycles. The summed E-state index contributed by atoms with van der Waals surface area (Å²) in [5.41, 5.74) is 0.820. The Morgan fingerprint density at radius 2 is 2.00 bits per heavy atom. The molecule has 0 aliphatic heterocycles. The van der Waals surface area contributed by atoms with Crippen molar-refractivity contribution in [2.45, 2.75) is 19.3 Å². The maximum atomic E-state index is 12.6. The zero-order chi connectivity index (χ0) is 12.5. The van der Waals surface area contributed by atoms with Gasteiger partial charge in [-0.25, -0.2) is 4.39 Å². The van der Waals surface area contributed by atoms with Gasteiger partial charge in [0.1, 0.15) is 5.82 Å². The third-order valence-corrected chi connectivity index (χ3v) is 2.38. The Morgan fingerprint density at radius 1 is 1.29 bits per heavy atom. The highest BCUT2D eigenvalue weighted by Crippen LogP contribution is 2.03. The van der Waals surface area contributed by atoms with E-state index in [1.54, 1.807) is 19.2 Å². The number of nitrogens with one attached hydrogen (secondary N) is 1. The van der Waals surface area contributed by atoms with Crippen LogP contribution in [0.1, 0.15) is 18.4 Å². The van der Waals surface area contributed by atoms with Gasteiger partial charge in [0.15, 0.2) is 0 Å². The first kappa shape index (κ1) is 13.6. The lowest BCUT2D eigenvalue weighted by Gasteiger charge is -2.05. The van der Waals surface area contributed by atoms with Gasteiger partial charge in [-0.15, -0.1) is 0 Å². The highest BCUT2D eigenvalue weighted by atomic mass is 19.1. The van der Waals surface area contributed by atoms with Gasteiger partial charge < -0.3 is 10.1 Å². The molecule has 1 amide bonds. The molecule has 0 aromatic heterocycles. The fraction of sp³-hybridized carbons (Fsp3) is 0.462. The Kier molecular flexibility index (Phi) is 6.25. The average Bonchev–Trinajstić information content (AvgIpc) is 2.32. The number of rotatable bonds is 7. The molecule has 0 aliphatic rings. The first-order valence-electron chi connectivity index (χ1n) is 5.72. The van der Waals surface area contributed by atoms with Gasteiger partial charge in [0.2, 0.25) is 5.91 Å². The fourth-order valence-corrected chi connectivity index (χ4v) is 1.45. The van der Waals surface area contributed by atoms with Crippen LogP contribution in [-0.4, -0.2) is 26.2 Å². The highest BCUT2D eigenvalue weighted by molar-refractivity contribution is 5.78. The molecule has 0 fully saturated rings. The van der Waals surface area contributed by atoms with E-state index in [4.69, 9.17) is 4.74 Å². The van der Waals surface area contributed by atoms with Crippen LogP contribution in [0, 0.1) is 5.82 Å². The van der Waals surface area contributed by atoms with Gasteiger partial charge in [0, 0.05) is 20.3 Å². The molecule has 94 valence electrons. The second-order valence-electron chi connectivity index (χ2n) is 3.85. The summed E-state index contributed by atoms with van der Waals surface area (Å²) in [5.74, 6) is -0.317. The number of amides is 1. The molecule has 1 rings (SSSR count). The number of unbranched alkanes of at least 4 members (excludes halogenated alkanes) is 1. The van der Waals surface area contributed by atoms with Crippen LogP contribution >= 0.6 is 0 Å². The summed E-state index contributed by atoms with van der Waals surface area (Å²) in [6, 6.07) is 5.97. The third kappa shape index (κ3) is 6.02. The predicted molar refractivity (Wildman–Crippen MR) is 64.2 cm³/mol. The monoisotopic (exact) mass is 239 g/mol. The zero-order valence-corrected chi connectivity index (χ0v) is 10.0. The van der Waals surface area contributed by atoms with E-state index >= 15 is 0 Å². The molecule has 0 saturated heterocycles. The van der Waals surface area contributed by atoms with Crippen molar-refractivity contribution in [2.24, 2.45) is 0 Å². The summed E-state index contributed by atoms with van der Waals surface area (Å²) in [5, 5.41) is 2.82. The van der Waals surface area contributed by atoms with E-state index in [0.717, 1.165) is 18.4 Å². The Morgan fingerprint density at radius 3 is 2.65 bits per heavy atom. The number of hydrogen-bond acceptors (Lipinski definition) is 2. The Labute approximate surface area is 101 Å². The first-order valence-corrected chi connectivity index (χ1v) is 5.72. The molecule has 4 heteroatoms. The molecule has 0 heterocycles. The molecule has 0 bridgehead atoms. The minimum atomic E-state index is -0.284. The van der Waals surface area contributed by atoms with E-state index in [1.165, 1.54) is 12.1 Å². The third-order valence-electron chi connectivity index (χ3n) is 2.38. The lowest BCUT2D eigenvalue weighted by molar-refractivity contribution is -0.120. The second-order valence-corrected chi connectivity index (χ2v) is 3.85. The molecule has 3 nitrogen and oxygen atoms in total. The molecule has 1 N–H and O–H groups in total.